The molecular formula is C10H12N4O3S2. The zero-order chi connectivity index (χ0) is 14.0. The second-order valence-corrected chi connectivity index (χ2v) is 6.44. The van der Waals surface area contributed by atoms with Crippen LogP contribution in [0.5, 0.6) is 0 Å². The normalized spacial score (nSPS) is 11.7. The molecule has 7 nitrogen and oxygen atoms in total. The number of carboxylic acids is 1. The van der Waals surface area contributed by atoms with E-state index in [9.17, 15) is 4.79 Å². The highest BCUT2D eigenvalue weighted by Crippen LogP contribution is 2.34. The first-order chi connectivity index (χ1) is 8.88. The minimum atomic E-state index is -0.931. The monoisotopic (exact) mass is 300 g/mol. The highest BCUT2D eigenvalue weighted by atomic mass is 32.2. The molecule has 2 aromatic rings. The number of thioether (sulfide) groups is 1. The second kappa shape index (κ2) is 5.25. The molecule has 0 fully saturated rings. The van der Waals surface area contributed by atoms with Gasteiger partial charge in [-0.25, -0.2) is 0 Å². The fraction of sp³-hybridized carbons (Fsp3) is 0.500. The summed E-state index contributed by atoms with van der Waals surface area (Å²) < 4.78 is 9.33. The Morgan fingerprint density at radius 2 is 2.11 bits per heavy atom. The van der Waals surface area contributed by atoms with E-state index >= 15 is 0 Å². The van der Waals surface area contributed by atoms with Gasteiger partial charge in [0, 0.05) is 5.41 Å². The zero-order valence-corrected chi connectivity index (χ0v) is 12.2. The number of nitrogens with zero attached hydrogens (tertiary/aromatic N) is 4. The van der Waals surface area contributed by atoms with Crippen molar-refractivity contribution in [1.29, 1.82) is 0 Å². The van der Waals surface area contributed by atoms with E-state index in [1.54, 1.807) is 0 Å². The van der Waals surface area contributed by atoms with Crippen LogP contribution in [0.1, 0.15) is 26.5 Å². The van der Waals surface area contributed by atoms with Crippen LogP contribution in [0.15, 0.2) is 9.64 Å². The zero-order valence-electron chi connectivity index (χ0n) is 10.6. The van der Waals surface area contributed by atoms with E-state index in [1.807, 2.05) is 20.8 Å². The smallest absolute Gasteiger partial charge is 0.314 e. The largest absolute Gasteiger partial charge is 0.481 e. The molecule has 1 N–H and O–H groups in total. The third-order valence-corrected chi connectivity index (χ3v) is 3.64. The van der Waals surface area contributed by atoms with Crippen LogP contribution in [0.3, 0.4) is 0 Å². The quantitative estimate of drug-likeness (QED) is 0.856. The summed E-state index contributed by atoms with van der Waals surface area (Å²) in [6.45, 7) is 6.05. The molecule has 0 saturated heterocycles. The molecule has 0 atom stereocenters. The van der Waals surface area contributed by atoms with Crippen LogP contribution in [0.25, 0.3) is 10.8 Å². The molecule has 0 saturated carbocycles. The van der Waals surface area contributed by atoms with Crippen molar-refractivity contribution in [2.75, 3.05) is 5.75 Å². The van der Waals surface area contributed by atoms with Crippen molar-refractivity contribution in [3.63, 3.8) is 0 Å². The van der Waals surface area contributed by atoms with Crippen molar-refractivity contribution in [3.05, 3.63) is 5.69 Å². The molecule has 0 aliphatic carbocycles. The van der Waals surface area contributed by atoms with E-state index in [2.05, 4.69) is 19.8 Å². The molecule has 0 radical (unpaired) electrons. The molecule has 0 amide bonds. The Kier molecular flexibility index (Phi) is 3.85. The lowest BCUT2D eigenvalue weighted by Crippen LogP contribution is -2.13. The number of carbonyl (C=O) groups is 1. The van der Waals surface area contributed by atoms with Gasteiger partial charge in [-0.2, -0.15) is 0 Å². The lowest BCUT2D eigenvalue weighted by molar-refractivity contribution is -0.133. The third kappa shape index (κ3) is 3.29. The summed E-state index contributed by atoms with van der Waals surface area (Å²) >= 11 is 2.17. The first-order valence-corrected chi connectivity index (χ1v) is 7.15. The molecule has 0 bridgehead atoms. The topological polar surface area (TPSA) is 102 Å². The van der Waals surface area contributed by atoms with Crippen LogP contribution < -0.4 is 0 Å². The van der Waals surface area contributed by atoms with Gasteiger partial charge < -0.3 is 9.52 Å². The molecule has 2 aromatic heterocycles. The van der Waals surface area contributed by atoms with Crippen molar-refractivity contribution < 1.29 is 14.3 Å². The van der Waals surface area contributed by atoms with Crippen LogP contribution >= 0.6 is 23.3 Å². The molecule has 2 heterocycles. The fourth-order valence-corrected chi connectivity index (χ4v) is 2.59. The number of hydrogen-bond acceptors (Lipinski definition) is 8. The van der Waals surface area contributed by atoms with Gasteiger partial charge in [0.2, 0.25) is 0 Å². The summed E-state index contributed by atoms with van der Waals surface area (Å²) in [5.74, 6) is -0.721. The molecule has 0 aromatic carbocycles. The van der Waals surface area contributed by atoms with Gasteiger partial charge in [-0.3, -0.25) is 4.79 Å². The van der Waals surface area contributed by atoms with Gasteiger partial charge in [-0.1, -0.05) is 37.0 Å². The standard InChI is InChI=1S/C10H12N4O3S2/c1-10(2,3)7-6(19-14-11-7)8-12-13-9(17-8)18-4-5(15)16/h4H2,1-3H3,(H,15,16). The first kappa shape index (κ1) is 13.9. The molecular weight excluding hydrogens is 288 g/mol. The Bertz CT molecular complexity index is 588. The molecule has 102 valence electrons. The number of aromatic nitrogens is 4. The number of carboxylic acid groups (broad SMARTS) is 1. The highest BCUT2D eigenvalue weighted by molar-refractivity contribution is 7.99. The van der Waals surface area contributed by atoms with E-state index in [4.69, 9.17) is 9.52 Å². The van der Waals surface area contributed by atoms with E-state index in [1.165, 1.54) is 11.5 Å². The fourth-order valence-electron chi connectivity index (χ4n) is 1.30. The van der Waals surface area contributed by atoms with Crippen molar-refractivity contribution in [2.45, 2.75) is 31.4 Å². The third-order valence-electron chi connectivity index (χ3n) is 2.12. The van der Waals surface area contributed by atoms with E-state index in [0.717, 1.165) is 22.3 Å². The van der Waals surface area contributed by atoms with Crippen molar-refractivity contribution in [3.8, 4) is 10.8 Å². The van der Waals surface area contributed by atoms with Crippen molar-refractivity contribution in [2.24, 2.45) is 0 Å². The van der Waals surface area contributed by atoms with Crippen LogP contribution in [-0.2, 0) is 10.2 Å². The summed E-state index contributed by atoms with van der Waals surface area (Å²) in [5, 5.41) is 20.6. The summed E-state index contributed by atoms with van der Waals surface area (Å²) in [4.78, 5) is 11.2. The second-order valence-electron chi connectivity index (χ2n) is 4.76. The molecule has 19 heavy (non-hydrogen) atoms. The number of hydrogen-bond donors (Lipinski definition) is 1. The number of aliphatic carboxylic acids is 1. The maximum Gasteiger partial charge on any atom is 0.314 e. The van der Waals surface area contributed by atoms with E-state index in [-0.39, 0.29) is 16.4 Å². The average molecular weight is 300 g/mol. The van der Waals surface area contributed by atoms with E-state index in [0.29, 0.717) is 5.89 Å². The summed E-state index contributed by atoms with van der Waals surface area (Å²) in [6, 6.07) is 0. The van der Waals surface area contributed by atoms with Crippen LogP contribution in [-0.4, -0.2) is 36.6 Å². The molecule has 9 heteroatoms. The maximum absolute atomic E-state index is 10.5. The molecule has 0 aliphatic heterocycles. The van der Waals surface area contributed by atoms with E-state index < -0.39 is 5.97 Å². The molecule has 0 spiro atoms. The Balaban J connectivity index is 2.24. The predicted octanol–water partition coefficient (Wildman–Crippen LogP) is 2.06. The number of rotatable bonds is 4. The van der Waals surface area contributed by atoms with Crippen molar-refractivity contribution in [1.82, 2.24) is 19.8 Å². The van der Waals surface area contributed by atoms with Gasteiger partial charge in [0.05, 0.1) is 5.69 Å². The lowest BCUT2D eigenvalue weighted by Gasteiger charge is -2.14. The SMILES string of the molecule is CC(C)(C)c1nnsc1-c1nnc(SCC(=O)O)o1. The Morgan fingerprint density at radius 3 is 2.74 bits per heavy atom. The first-order valence-electron chi connectivity index (χ1n) is 5.39. The highest BCUT2D eigenvalue weighted by Gasteiger charge is 2.26. The Labute approximate surface area is 117 Å². The predicted molar refractivity (Wildman–Crippen MR) is 70.3 cm³/mol. The Morgan fingerprint density at radius 1 is 1.37 bits per heavy atom. The van der Waals surface area contributed by atoms with Gasteiger partial charge in [0.15, 0.2) is 0 Å². The average Bonchev–Trinajstić information content (AvgIpc) is 2.93. The van der Waals surface area contributed by atoms with Crippen LogP contribution in [0.2, 0.25) is 0 Å². The van der Waals surface area contributed by atoms with Gasteiger partial charge in [0.1, 0.15) is 10.6 Å². The summed E-state index contributed by atoms with van der Waals surface area (Å²) in [7, 11) is 0. The summed E-state index contributed by atoms with van der Waals surface area (Å²) in [5.41, 5.74) is 0.612. The minimum absolute atomic E-state index is 0.116. The molecule has 0 unspecified atom stereocenters. The minimum Gasteiger partial charge on any atom is -0.481 e. The van der Waals surface area contributed by atoms with Gasteiger partial charge in [-0.15, -0.1) is 15.3 Å². The lowest BCUT2D eigenvalue weighted by atomic mass is 9.91. The molecule has 2 rings (SSSR count). The summed E-state index contributed by atoms with van der Waals surface area (Å²) in [6.07, 6.45) is 0. The van der Waals surface area contributed by atoms with Gasteiger partial charge >= 0.3 is 5.97 Å². The van der Waals surface area contributed by atoms with Gasteiger partial charge in [-0.05, 0) is 11.5 Å². The van der Waals surface area contributed by atoms with Crippen molar-refractivity contribution >= 4 is 29.3 Å². The van der Waals surface area contributed by atoms with Gasteiger partial charge in [0.25, 0.3) is 11.1 Å². The Hall–Kier alpha value is -1.48. The van der Waals surface area contributed by atoms with Crippen LogP contribution in [0, 0.1) is 0 Å². The molecule has 0 aliphatic rings. The maximum atomic E-state index is 10.5. The van der Waals surface area contributed by atoms with Crippen LogP contribution in [0.4, 0.5) is 0 Å².